The minimum atomic E-state index is 0.764. The molecule has 0 aliphatic heterocycles. The van der Waals surface area contributed by atoms with E-state index < -0.39 is 0 Å². The van der Waals surface area contributed by atoms with E-state index in [0.29, 0.717) is 0 Å². The SMILES string of the molecule is Clc1ccc(NCc2ccc(I)cc2)cc1. The molecule has 1 N–H and O–H groups in total. The smallest absolute Gasteiger partial charge is 0.0407 e. The Kier molecular flexibility index (Phi) is 4.07. The first-order valence-electron chi connectivity index (χ1n) is 4.98. The quantitative estimate of drug-likeness (QED) is 0.806. The molecular weight excluding hydrogens is 333 g/mol. The fourth-order valence-corrected chi connectivity index (χ4v) is 1.86. The maximum absolute atomic E-state index is 5.82. The second-order valence-electron chi connectivity index (χ2n) is 3.49. The topological polar surface area (TPSA) is 12.0 Å². The zero-order chi connectivity index (χ0) is 11.4. The van der Waals surface area contributed by atoms with Crippen LogP contribution in [0.25, 0.3) is 0 Å². The van der Waals surface area contributed by atoms with Crippen molar-refractivity contribution in [2.75, 3.05) is 5.32 Å². The van der Waals surface area contributed by atoms with Gasteiger partial charge in [0.25, 0.3) is 0 Å². The fraction of sp³-hybridized carbons (Fsp3) is 0.0769. The molecule has 3 heteroatoms. The highest BCUT2D eigenvalue weighted by Gasteiger charge is 1.94. The summed E-state index contributed by atoms with van der Waals surface area (Å²) in [4.78, 5) is 0. The first-order valence-corrected chi connectivity index (χ1v) is 6.43. The van der Waals surface area contributed by atoms with E-state index in [1.54, 1.807) is 0 Å². The number of hydrogen-bond donors (Lipinski definition) is 1. The zero-order valence-electron chi connectivity index (χ0n) is 8.58. The average molecular weight is 344 g/mol. The second kappa shape index (κ2) is 5.55. The van der Waals surface area contributed by atoms with Gasteiger partial charge in [0.1, 0.15) is 0 Å². The Morgan fingerprint density at radius 2 is 1.56 bits per heavy atom. The lowest BCUT2D eigenvalue weighted by molar-refractivity contribution is 1.15. The van der Waals surface area contributed by atoms with Crippen LogP contribution in [0.3, 0.4) is 0 Å². The van der Waals surface area contributed by atoms with Gasteiger partial charge in [-0.15, -0.1) is 0 Å². The normalized spacial score (nSPS) is 10.1. The molecular formula is C13H11ClIN. The molecule has 0 atom stereocenters. The lowest BCUT2D eigenvalue weighted by Crippen LogP contribution is -1.98. The molecule has 0 unspecified atom stereocenters. The molecule has 2 aromatic rings. The molecule has 0 spiro atoms. The van der Waals surface area contributed by atoms with Gasteiger partial charge < -0.3 is 5.32 Å². The first kappa shape index (κ1) is 11.7. The molecule has 82 valence electrons. The Balaban J connectivity index is 1.97. The van der Waals surface area contributed by atoms with Gasteiger partial charge in [-0.1, -0.05) is 23.7 Å². The van der Waals surface area contributed by atoms with Gasteiger partial charge in [0.2, 0.25) is 0 Å². The summed E-state index contributed by atoms with van der Waals surface area (Å²) in [6, 6.07) is 16.2. The van der Waals surface area contributed by atoms with Crippen LogP contribution in [-0.2, 0) is 6.54 Å². The third-order valence-electron chi connectivity index (χ3n) is 2.25. The van der Waals surface area contributed by atoms with Crippen LogP contribution >= 0.6 is 34.2 Å². The van der Waals surface area contributed by atoms with E-state index >= 15 is 0 Å². The summed E-state index contributed by atoms with van der Waals surface area (Å²) in [5, 5.41) is 4.11. The third-order valence-corrected chi connectivity index (χ3v) is 3.23. The maximum atomic E-state index is 5.82. The number of halogens is 2. The highest BCUT2D eigenvalue weighted by atomic mass is 127. The molecule has 0 heterocycles. The number of rotatable bonds is 3. The molecule has 16 heavy (non-hydrogen) atoms. The summed E-state index contributed by atoms with van der Waals surface area (Å²) in [6.07, 6.45) is 0. The largest absolute Gasteiger partial charge is 0.381 e. The van der Waals surface area contributed by atoms with Crippen LogP contribution in [0.2, 0.25) is 5.02 Å². The predicted octanol–water partition coefficient (Wildman–Crippen LogP) is 4.56. The number of benzene rings is 2. The maximum Gasteiger partial charge on any atom is 0.0407 e. The predicted molar refractivity (Wildman–Crippen MR) is 77.9 cm³/mol. The van der Waals surface area contributed by atoms with Gasteiger partial charge in [-0.05, 0) is 64.6 Å². The number of hydrogen-bond acceptors (Lipinski definition) is 1. The molecule has 0 saturated heterocycles. The summed E-state index contributed by atoms with van der Waals surface area (Å²) in [5.41, 5.74) is 2.36. The van der Waals surface area contributed by atoms with Crippen molar-refractivity contribution in [1.29, 1.82) is 0 Å². The van der Waals surface area contributed by atoms with Crippen molar-refractivity contribution in [2.45, 2.75) is 6.54 Å². The molecule has 1 nitrogen and oxygen atoms in total. The highest BCUT2D eigenvalue weighted by molar-refractivity contribution is 14.1. The standard InChI is InChI=1S/C13H11ClIN/c14-11-3-7-13(8-4-11)16-9-10-1-5-12(15)6-2-10/h1-8,16H,9H2. The van der Waals surface area contributed by atoms with Gasteiger partial charge in [0, 0.05) is 20.8 Å². The Morgan fingerprint density at radius 1 is 0.938 bits per heavy atom. The molecule has 0 aliphatic rings. The molecule has 2 rings (SSSR count). The lowest BCUT2D eigenvalue weighted by atomic mass is 10.2. The zero-order valence-corrected chi connectivity index (χ0v) is 11.5. The van der Waals surface area contributed by atoms with Crippen LogP contribution in [0.4, 0.5) is 5.69 Å². The van der Waals surface area contributed by atoms with Crippen LogP contribution in [0.5, 0.6) is 0 Å². The molecule has 0 amide bonds. The van der Waals surface area contributed by atoms with Crippen LogP contribution in [-0.4, -0.2) is 0 Å². The van der Waals surface area contributed by atoms with Gasteiger partial charge in [-0.3, -0.25) is 0 Å². The molecule has 2 aromatic carbocycles. The fourth-order valence-electron chi connectivity index (χ4n) is 1.37. The van der Waals surface area contributed by atoms with E-state index in [9.17, 15) is 0 Å². The first-order chi connectivity index (χ1) is 7.74. The van der Waals surface area contributed by atoms with Gasteiger partial charge >= 0.3 is 0 Å². The van der Waals surface area contributed by atoms with Crippen LogP contribution < -0.4 is 5.32 Å². The van der Waals surface area contributed by atoms with E-state index in [2.05, 4.69) is 52.2 Å². The van der Waals surface area contributed by atoms with Crippen molar-refractivity contribution in [3.05, 3.63) is 62.7 Å². The van der Waals surface area contributed by atoms with Gasteiger partial charge in [-0.2, -0.15) is 0 Å². The second-order valence-corrected chi connectivity index (χ2v) is 5.17. The molecule has 0 radical (unpaired) electrons. The molecule has 0 bridgehead atoms. The van der Waals surface area contributed by atoms with Gasteiger partial charge in [0.15, 0.2) is 0 Å². The van der Waals surface area contributed by atoms with E-state index in [0.717, 1.165) is 17.3 Å². The van der Waals surface area contributed by atoms with Crippen molar-refractivity contribution < 1.29 is 0 Å². The molecule has 0 saturated carbocycles. The monoisotopic (exact) mass is 343 g/mol. The van der Waals surface area contributed by atoms with Crippen molar-refractivity contribution in [3.8, 4) is 0 Å². The van der Waals surface area contributed by atoms with Crippen LogP contribution in [0, 0.1) is 3.57 Å². The molecule has 0 aromatic heterocycles. The van der Waals surface area contributed by atoms with Gasteiger partial charge in [0.05, 0.1) is 0 Å². The minimum Gasteiger partial charge on any atom is -0.381 e. The summed E-state index contributed by atoms with van der Waals surface area (Å²) < 4.78 is 1.26. The van der Waals surface area contributed by atoms with E-state index in [-0.39, 0.29) is 0 Å². The van der Waals surface area contributed by atoms with E-state index in [1.165, 1.54) is 9.13 Å². The van der Waals surface area contributed by atoms with Crippen LogP contribution in [0.15, 0.2) is 48.5 Å². The van der Waals surface area contributed by atoms with Crippen molar-refractivity contribution >= 4 is 39.9 Å². The summed E-state index contributed by atoms with van der Waals surface area (Å²) in [6.45, 7) is 0.832. The van der Waals surface area contributed by atoms with E-state index in [4.69, 9.17) is 11.6 Å². The Bertz CT molecular complexity index is 405. The minimum absolute atomic E-state index is 0.764. The van der Waals surface area contributed by atoms with Crippen molar-refractivity contribution in [2.24, 2.45) is 0 Å². The summed E-state index contributed by atoms with van der Waals surface area (Å²) in [5.74, 6) is 0. The van der Waals surface area contributed by atoms with Gasteiger partial charge in [-0.25, -0.2) is 0 Å². The highest BCUT2D eigenvalue weighted by Crippen LogP contribution is 2.14. The molecule has 0 aliphatic carbocycles. The summed E-state index contributed by atoms with van der Waals surface area (Å²) in [7, 11) is 0. The average Bonchev–Trinajstić information content (AvgIpc) is 2.30. The number of nitrogens with one attached hydrogen (secondary N) is 1. The lowest BCUT2D eigenvalue weighted by Gasteiger charge is -2.06. The Morgan fingerprint density at radius 3 is 2.19 bits per heavy atom. The Labute approximate surface area is 114 Å². The number of anilines is 1. The van der Waals surface area contributed by atoms with Crippen molar-refractivity contribution in [1.82, 2.24) is 0 Å². The summed E-state index contributed by atoms with van der Waals surface area (Å²) >= 11 is 8.12. The third kappa shape index (κ3) is 3.39. The van der Waals surface area contributed by atoms with Crippen molar-refractivity contribution in [3.63, 3.8) is 0 Å². The van der Waals surface area contributed by atoms with Crippen LogP contribution in [0.1, 0.15) is 5.56 Å². The molecule has 0 fully saturated rings. The Hall–Kier alpha value is -0.740. The van der Waals surface area contributed by atoms with E-state index in [1.807, 2.05) is 24.3 Å².